The fourth-order valence-corrected chi connectivity index (χ4v) is 1.22. The number of ether oxygens (including phenoxy) is 2. The molecular weight excluding hydrogens is 267 g/mol. The number of aromatic nitrogens is 3. The van der Waals surface area contributed by atoms with Gasteiger partial charge >= 0.3 is 6.18 Å². The molecule has 0 radical (unpaired) electrons. The van der Waals surface area contributed by atoms with Gasteiger partial charge in [-0.3, -0.25) is 4.79 Å². The summed E-state index contributed by atoms with van der Waals surface area (Å²) in [6, 6.07) is 0. The Balaban J connectivity index is 2.33. The first-order valence-corrected chi connectivity index (χ1v) is 5.53. The van der Waals surface area contributed by atoms with Gasteiger partial charge in [0.05, 0.1) is 19.3 Å². The molecule has 1 heterocycles. The van der Waals surface area contributed by atoms with Crippen LogP contribution < -0.4 is 0 Å². The Kier molecular flexibility index (Phi) is 5.90. The number of hydrogen-bond donors (Lipinski definition) is 0. The van der Waals surface area contributed by atoms with Gasteiger partial charge in [-0.25, -0.2) is 4.68 Å². The molecule has 0 bridgehead atoms. The van der Waals surface area contributed by atoms with Crippen molar-refractivity contribution in [3.8, 4) is 0 Å². The number of hydrogen-bond acceptors (Lipinski definition) is 5. The van der Waals surface area contributed by atoms with Gasteiger partial charge in [0, 0.05) is 20.3 Å². The average molecular weight is 281 g/mol. The van der Waals surface area contributed by atoms with Crippen molar-refractivity contribution in [2.75, 3.05) is 26.9 Å². The van der Waals surface area contributed by atoms with Gasteiger partial charge in [0.2, 0.25) is 0 Å². The molecular formula is C10H14F3N3O3. The summed E-state index contributed by atoms with van der Waals surface area (Å²) >= 11 is 0. The van der Waals surface area contributed by atoms with Crippen molar-refractivity contribution in [2.24, 2.45) is 0 Å². The van der Waals surface area contributed by atoms with Gasteiger partial charge < -0.3 is 9.47 Å². The lowest BCUT2D eigenvalue weighted by atomic mass is 10.3. The Bertz CT molecular complexity index is 406. The van der Waals surface area contributed by atoms with E-state index in [2.05, 4.69) is 10.3 Å². The molecule has 0 aliphatic rings. The maximum Gasteiger partial charge on any atom is 0.456 e. The van der Waals surface area contributed by atoms with Gasteiger partial charge in [0.15, 0.2) is 5.69 Å². The summed E-state index contributed by atoms with van der Waals surface area (Å²) in [6.45, 7) is 1.56. The van der Waals surface area contributed by atoms with E-state index in [-0.39, 0.29) is 13.2 Å². The standard InChI is InChI=1S/C10H14F3N3O3/c1-18-4-2-5-19-6-3-16-7-8(14-15-16)9(17)10(11,12)13/h7H,2-6H2,1H3. The highest BCUT2D eigenvalue weighted by molar-refractivity contribution is 5.98. The predicted octanol–water partition coefficient (Wildman–Crippen LogP) is 1.08. The number of methoxy groups -OCH3 is 1. The van der Waals surface area contributed by atoms with E-state index >= 15 is 0 Å². The van der Waals surface area contributed by atoms with Crippen molar-refractivity contribution < 1.29 is 27.4 Å². The molecule has 9 heteroatoms. The second kappa shape index (κ2) is 7.19. The van der Waals surface area contributed by atoms with Crippen LogP contribution in [0.4, 0.5) is 13.2 Å². The van der Waals surface area contributed by atoms with Gasteiger partial charge in [-0.1, -0.05) is 5.21 Å². The zero-order valence-electron chi connectivity index (χ0n) is 10.3. The van der Waals surface area contributed by atoms with E-state index in [0.717, 1.165) is 17.3 Å². The molecule has 0 aliphatic heterocycles. The van der Waals surface area contributed by atoms with Crippen LogP contribution in [0.5, 0.6) is 0 Å². The fourth-order valence-electron chi connectivity index (χ4n) is 1.22. The van der Waals surface area contributed by atoms with Crippen LogP contribution in [0.3, 0.4) is 0 Å². The highest BCUT2D eigenvalue weighted by Crippen LogP contribution is 2.19. The van der Waals surface area contributed by atoms with E-state index in [9.17, 15) is 18.0 Å². The highest BCUT2D eigenvalue weighted by Gasteiger charge is 2.41. The molecule has 0 saturated heterocycles. The van der Waals surface area contributed by atoms with Crippen LogP contribution in [0.2, 0.25) is 0 Å². The van der Waals surface area contributed by atoms with Crippen molar-refractivity contribution in [1.82, 2.24) is 15.0 Å². The molecule has 19 heavy (non-hydrogen) atoms. The van der Waals surface area contributed by atoms with Crippen LogP contribution in [0.15, 0.2) is 6.20 Å². The minimum atomic E-state index is -4.93. The molecule has 0 saturated carbocycles. The van der Waals surface area contributed by atoms with Gasteiger partial charge in [0.1, 0.15) is 0 Å². The third-order valence-electron chi connectivity index (χ3n) is 2.13. The molecule has 108 valence electrons. The van der Waals surface area contributed by atoms with Crippen LogP contribution in [0.1, 0.15) is 16.9 Å². The maximum atomic E-state index is 12.1. The molecule has 0 N–H and O–H groups in total. The van der Waals surface area contributed by atoms with Crippen LogP contribution in [-0.4, -0.2) is 53.9 Å². The maximum absolute atomic E-state index is 12.1. The second-order valence-corrected chi connectivity index (χ2v) is 3.65. The number of Topliss-reactive ketones (excluding diaryl/α,β-unsaturated/α-hetero) is 1. The van der Waals surface area contributed by atoms with E-state index in [0.29, 0.717) is 13.2 Å². The monoisotopic (exact) mass is 281 g/mol. The lowest BCUT2D eigenvalue weighted by Crippen LogP contribution is -2.23. The predicted molar refractivity (Wildman–Crippen MR) is 57.7 cm³/mol. The number of carbonyl (C=O) groups is 1. The Morgan fingerprint density at radius 3 is 2.74 bits per heavy atom. The summed E-state index contributed by atoms with van der Waals surface area (Å²) in [7, 11) is 1.58. The molecule has 1 aromatic rings. The van der Waals surface area contributed by atoms with E-state index in [1.807, 2.05) is 0 Å². The first-order chi connectivity index (χ1) is 8.95. The number of rotatable bonds is 8. The van der Waals surface area contributed by atoms with E-state index < -0.39 is 17.7 Å². The van der Waals surface area contributed by atoms with E-state index in [1.165, 1.54) is 0 Å². The van der Waals surface area contributed by atoms with Crippen molar-refractivity contribution in [2.45, 2.75) is 19.1 Å². The van der Waals surface area contributed by atoms with Crippen LogP contribution in [0, 0.1) is 0 Å². The quantitative estimate of drug-likeness (QED) is 0.527. The number of nitrogens with zero attached hydrogens (tertiary/aromatic N) is 3. The van der Waals surface area contributed by atoms with Crippen molar-refractivity contribution in [1.29, 1.82) is 0 Å². The number of ketones is 1. The summed E-state index contributed by atoms with van der Waals surface area (Å²) < 4.78 is 47.5. The molecule has 0 aromatic carbocycles. The number of halogens is 3. The lowest BCUT2D eigenvalue weighted by molar-refractivity contribution is -0.0888. The van der Waals surface area contributed by atoms with Crippen molar-refractivity contribution in [3.63, 3.8) is 0 Å². The fraction of sp³-hybridized carbons (Fsp3) is 0.700. The first-order valence-electron chi connectivity index (χ1n) is 5.53. The first kappa shape index (κ1) is 15.6. The SMILES string of the molecule is COCCCOCCn1cc(C(=O)C(F)(F)F)nn1. The Labute approximate surface area is 107 Å². The summed E-state index contributed by atoms with van der Waals surface area (Å²) in [5.41, 5.74) is -0.716. The Hall–Kier alpha value is -1.48. The zero-order valence-corrected chi connectivity index (χ0v) is 10.3. The molecule has 0 unspecified atom stereocenters. The summed E-state index contributed by atoms with van der Waals surface area (Å²) in [6.07, 6.45) is -3.25. The smallest absolute Gasteiger partial charge is 0.385 e. The number of alkyl halides is 3. The Morgan fingerprint density at radius 1 is 1.37 bits per heavy atom. The molecule has 0 amide bonds. The van der Waals surface area contributed by atoms with Crippen molar-refractivity contribution >= 4 is 5.78 Å². The van der Waals surface area contributed by atoms with Gasteiger partial charge in [0.25, 0.3) is 5.78 Å². The molecule has 0 atom stereocenters. The van der Waals surface area contributed by atoms with Crippen LogP contribution in [0.25, 0.3) is 0 Å². The average Bonchev–Trinajstić information content (AvgIpc) is 2.80. The Morgan fingerprint density at radius 2 is 2.11 bits per heavy atom. The normalized spacial score (nSPS) is 11.8. The largest absolute Gasteiger partial charge is 0.456 e. The minimum Gasteiger partial charge on any atom is -0.385 e. The van der Waals surface area contributed by atoms with Crippen LogP contribution in [-0.2, 0) is 16.0 Å². The van der Waals surface area contributed by atoms with E-state index in [1.54, 1.807) is 7.11 Å². The summed E-state index contributed by atoms with van der Waals surface area (Å²) in [4.78, 5) is 10.8. The minimum absolute atomic E-state index is 0.227. The van der Waals surface area contributed by atoms with Gasteiger partial charge in [-0.05, 0) is 6.42 Å². The van der Waals surface area contributed by atoms with Gasteiger partial charge in [-0.15, -0.1) is 5.10 Å². The molecule has 0 fully saturated rings. The summed E-state index contributed by atoms with van der Waals surface area (Å²) in [5.74, 6) is -2.00. The highest BCUT2D eigenvalue weighted by atomic mass is 19.4. The molecule has 0 aliphatic carbocycles. The molecule has 1 rings (SSSR count). The zero-order chi connectivity index (χ0) is 14.3. The molecule has 1 aromatic heterocycles. The second-order valence-electron chi connectivity index (χ2n) is 3.65. The third-order valence-corrected chi connectivity index (χ3v) is 2.13. The van der Waals surface area contributed by atoms with Crippen LogP contribution >= 0.6 is 0 Å². The summed E-state index contributed by atoms with van der Waals surface area (Å²) in [5, 5.41) is 6.60. The molecule has 0 spiro atoms. The third kappa shape index (κ3) is 5.35. The number of carbonyl (C=O) groups excluding carboxylic acids is 1. The molecule has 6 nitrogen and oxygen atoms in total. The lowest BCUT2D eigenvalue weighted by Gasteiger charge is -2.03. The van der Waals surface area contributed by atoms with Gasteiger partial charge in [-0.2, -0.15) is 13.2 Å². The topological polar surface area (TPSA) is 66.2 Å². The van der Waals surface area contributed by atoms with Crippen molar-refractivity contribution in [3.05, 3.63) is 11.9 Å². The van der Waals surface area contributed by atoms with E-state index in [4.69, 9.17) is 9.47 Å².